The molecule has 0 radical (unpaired) electrons. The van der Waals surface area contributed by atoms with Crippen molar-refractivity contribution in [1.29, 1.82) is 0 Å². The third-order valence-electron chi connectivity index (χ3n) is 4.45. The summed E-state index contributed by atoms with van der Waals surface area (Å²) in [5, 5.41) is 12.9. The first-order chi connectivity index (χ1) is 12.5. The number of aromatic nitrogens is 1. The van der Waals surface area contributed by atoms with Crippen molar-refractivity contribution < 1.29 is 14.7 Å². The van der Waals surface area contributed by atoms with Crippen LogP contribution in [0.4, 0.5) is 0 Å². The van der Waals surface area contributed by atoms with Gasteiger partial charge in [0, 0.05) is 23.8 Å². The first-order valence-corrected chi connectivity index (χ1v) is 8.62. The van der Waals surface area contributed by atoms with Crippen molar-refractivity contribution in [2.75, 3.05) is 0 Å². The molecule has 1 atom stereocenters. The fourth-order valence-corrected chi connectivity index (χ4v) is 2.98. The fraction of sp³-hybridized carbons (Fsp3) is 0.238. The van der Waals surface area contributed by atoms with Crippen LogP contribution in [0.2, 0.25) is 0 Å². The average Bonchev–Trinajstić information content (AvgIpc) is 3.02. The van der Waals surface area contributed by atoms with Gasteiger partial charge in [0.05, 0.1) is 0 Å². The van der Waals surface area contributed by atoms with Gasteiger partial charge in [-0.2, -0.15) is 0 Å². The highest BCUT2D eigenvalue weighted by atomic mass is 16.4. The van der Waals surface area contributed by atoms with E-state index in [1.807, 2.05) is 42.6 Å². The van der Waals surface area contributed by atoms with E-state index in [4.69, 9.17) is 0 Å². The van der Waals surface area contributed by atoms with Crippen LogP contribution < -0.4 is 5.32 Å². The van der Waals surface area contributed by atoms with Crippen LogP contribution in [0.3, 0.4) is 0 Å². The summed E-state index contributed by atoms with van der Waals surface area (Å²) in [4.78, 5) is 23.8. The summed E-state index contributed by atoms with van der Waals surface area (Å²) < 4.78 is 2.08. The van der Waals surface area contributed by atoms with Gasteiger partial charge in [0.15, 0.2) is 0 Å². The number of hydrogen-bond acceptors (Lipinski definition) is 2. The SMILES string of the molecule is CC(C)[C@H](NC(=O)c1ccc2ccn(Cc3ccccc3)c2c1)C(=O)O. The van der Waals surface area contributed by atoms with Crippen LogP contribution in [0, 0.1) is 5.92 Å². The highest BCUT2D eigenvalue weighted by Gasteiger charge is 2.24. The molecule has 3 aromatic rings. The fourth-order valence-electron chi connectivity index (χ4n) is 2.98. The first kappa shape index (κ1) is 17.7. The summed E-state index contributed by atoms with van der Waals surface area (Å²) in [6.07, 6.45) is 1.99. The number of nitrogens with zero attached hydrogens (tertiary/aromatic N) is 1. The predicted molar refractivity (Wildman–Crippen MR) is 101 cm³/mol. The minimum absolute atomic E-state index is 0.192. The van der Waals surface area contributed by atoms with Crippen LogP contribution >= 0.6 is 0 Å². The van der Waals surface area contributed by atoms with E-state index in [-0.39, 0.29) is 11.8 Å². The van der Waals surface area contributed by atoms with Crippen LogP contribution in [0.1, 0.15) is 29.8 Å². The van der Waals surface area contributed by atoms with Gasteiger partial charge in [0.2, 0.25) is 0 Å². The Balaban J connectivity index is 1.87. The van der Waals surface area contributed by atoms with Crippen molar-refractivity contribution in [3.63, 3.8) is 0 Å². The second-order valence-corrected chi connectivity index (χ2v) is 6.74. The number of rotatable bonds is 6. The zero-order valence-electron chi connectivity index (χ0n) is 14.8. The van der Waals surface area contributed by atoms with Crippen molar-refractivity contribution in [3.8, 4) is 0 Å². The van der Waals surface area contributed by atoms with Crippen LogP contribution in [0.25, 0.3) is 10.9 Å². The van der Waals surface area contributed by atoms with E-state index >= 15 is 0 Å². The number of nitrogens with one attached hydrogen (secondary N) is 1. The topological polar surface area (TPSA) is 71.3 Å². The maximum Gasteiger partial charge on any atom is 0.326 e. The number of hydrogen-bond donors (Lipinski definition) is 2. The molecule has 0 bridgehead atoms. The van der Waals surface area contributed by atoms with Gasteiger partial charge in [-0.1, -0.05) is 50.2 Å². The van der Waals surface area contributed by atoms with Crippen LogP contribution in [-0.2, 0) is 11.3 Å². The molecule has 0 aliphatic carbocycles. The summed E-state index contributed by atoms with van der Waals surface area (Å²) in [6, 6.07) is 16.6. The largest absolute Gasteiger partial charge is 0.480 e. The van der Waals surface area contributed by atoms with E-state index in [2.05, 4.69) is 22.0 Å². The van der Waals surface area contributed by atoms with E-state index in [1.165, 1.54) is 5.56 Å². The van der Waals surface area contributed by atoms with Gasteiger partial charge in [-0.25, -0.2) is 4.79 Å². The minimum atomic E-state index is -1.03. The standard InChI is InChI=1S/C21H22N2O3/c1-14(2)19(21(25)26)22-20(24)17-9-8-16-10-11-23(18(16)12-17)13-15-6-4-3-5-7-15/h3-12,14,19H,13H2,1-2H3,(H,22,24)(H,25,26)/t19-/m0/s1. The number of carboxylic acids is 1. The summed E-state index contributed by atoms with van der Waals surface area (Å²) in [5.74, 6) is -1.59. The zero-order chi connectivity index (χ0) is 18.7. The Morgan fingerprint density at radius 3 is 2.46 bits per heavy atom. The highest BCUT2D eigenvalue weighted by Crippen LogP contribution is 2.19. The Labute approximate surface area is 152 Å². The van der Waals surface area contributed by atoms with Gasteiger partial charge < -0.3 is 15.0 Å². The molecule has 5 heteroatoms. The van der Waals surface area contributed by atoms with Gasteiger partial charge in [-0.15, -0.1) is 0 Å². The number of carbonyl (C=O) groups excluding carboxylic acids is 1. The molecule has 0 aliphatic rings. The van der Waals surface area contributed by atoms with E-state index in [9.17, 15) is 14.7 Å². The Bertz CT molecular complexity index is 929. The predicted octanol–water partition coefficient (Wildman–Crippen LogP) is 3.53. The number of amides is 1. The molecular weight excluding hydrogens is 328 g/mol. The summed E-state index contributed by atoms with van der Waals surface area (Å²) >= 11 is 0. The van der Waals surface area contributed by atoms with Gasteiger partial charge in [0.25, 0.3) is 5.91 Å². The van der Waals surface area contributed by atoms with Gasteiger partial charge in [-0.05, 0) is 35.1 Å². The molecule has 26 heavy (non-hydrogen) atoms. The molecule has 1 amide bonds. The number of carbonyl (C=O) groups is 2. The summed E-state index contributed by atoms with van der Waals surface area (Å²) in [7, 11) is 0. The van der Waals surface area contributed by atoms with Crippen molar-refractivity contribution in [3.05, 3.63) is 71.9 Å². The monoisotopic (exact) mass is 350 g/mol. The van der Waals surface area contributed by atoms with E-state index in [0.29, 0.717) is 12.1 Å². The molecule has 1 heterocycles. The van der Waals surface area contributed by atoms with Crippen LogP contribution in [0.15, 0.2) is 60.8 Å². The molecule has 0 spiro atoms. The van der Waals surface area contributed by atoms with Crippen LogP contribution in [0.5, 0.6) is 0 Å². The van der Waals surface area contributed by atoms with E-state index in [0.717, 1.165) is 10.9 Å². The number of carboxylic acid groups (broad SMARTS) is 1. The van der Waals surface area contributed by atoms with Crippen molar-refractivity contribution >= 4 is 22.8 Å². The lowest BCUT2D eigenvalue weighted by Crippen LogP contribution is -2.44. The molecule has 2 N–H and O–H groups in total. The van der Waals surface area contributed by atoms with Gasteiger partial charge in [0.1, 0.15) is 6.04 Å². The third kappa shape index (κ3) is 3.77. The minimum Gasteiger partial charge on any atom is -0.480 e. The maximum absolute atomic E-state index is 12.5. The maximum atomic E-state index is 12.5. The normalized spacial score (nSPS) is 12.3. The summed E-state index contributed by atoms with van der Waals surface area (Å²) in [5.41, 5.74) is 2.57. The quantitative estimate of drug-likeness (QED) is 0.714. The van der Waals surface area contributed by atoms with E-state index in [1.54, 1.807) is 19.9 Å². The Kier molecular flexibility index (Phi) is 5.07. The smallest absolute Gasteiger partial charge is 0.326 e. The molecule has 134 valence electrons. The average molecular weight is 350 g/mol. The molecule has 0 saturated heterocycles. The molecular formula is C21H22N2O3. The lowest BCUT2D eigenvalue weighted by molar-refractivity contribution is -0.140. The molecule has 5 nitrogen and oxygen atoms in total. The van der Waals surface area contributed by atoms with Gasteiger partial charge >= 0.3 is 5.97 Å². The Morgan fingerprint density at radius 1 is 1.08 bits per heavy atom. The second-order valence-electron chi connectivity index (χ2n) is 6.74. The molecule has 0 saturated carbocycles. The molecule has 3 rings (SSSR count). The van der Waals surface area contributed by atoms with Crippen LogP contribution in [-0.4, -0.2) is 27.6 Å². The van der Waals surface area contributed by atoms with Gasteiger partial charge in [-0.3, -0.25) is 4.79 Å². The molecule has 0 aliphatic heterocycles. The number of aliphatic carboxylic acids is 1. The van der Waals surface area contributed by atoms with E-state index < -0.39 is 12.0 Å². The van der Waals surface area contributed by atoms with Crippen molar-refractivity contribution in [1.82, 2.24) is 9.88 Å². The lowest BCUT2D eigenvalue weighted by Gasteiger charge is -2.18. The van der Waals surface area contributed by atoms with Crippen molar-refractivity contribution in [2.24, 2.45) is 5.92 Å². The second kappa shape index (κ2) is 7.44. The third-order valence-corrected chi connectivity index (χ3v) is 4.45. The number of benzene rings is 2. The zero-order valence-corrected chi connectivity index (χ0v) is 14.8. The molecule has 0 unspecified atom stereocenters. The summed E-state index contributed by atoms with van der Waals surface area (Å²) in [6.45, 7) is 4.25. The Morgan fingerprint density at radius 2 is 1.81 bits per heavy atom. The highest BCUT2D eigenvalue weighted by molar-refractivity contribution is 5.99. The number of fused-ring (bicyclic) bond motifs is 1. The lowest BCUT2D eigenvalue weighted by atomic mass is 10.0. The van der Waals surface area contributed by atoms with Crippen molar-refractivity contribution in [2.45, 2.75) is 26.4 Å². The molecule has 2 aromatic carbocycles. The molecule has 1 aromatic heterocycles. The first-order valence-electron chi connectivity index (χ1n) is 8.62. The Hall–Kier alpha value is -3.08. The molecule has 0 fully saturated rings.